The van der Waals surface area contributed by atoms with Crippen LogP contribution in [0.3, 0.4) is 0 Å². The molecular weight excluding hydrogens is 358 g/mol. The fourth-order valence-electron chi connectivity index (χ4n) is 2.08. The maximum atomic E-state index is 12.1. The van der Waals surface area contributed by atoms with Gasteiger partial charge in [0.1, 0.15) is 0 Å². The molecule has 1 aromatic heterocycles. The van der Waals surface area contributed by atoms with Crippen molar-refractivity contribution in [1.82, 2.24) is 15.5 Å². The summed E-state index contributed by atoms with van der Waals surface area (Å²) in [6.45, 7) is 0.427. The third-order valence-electron chi connectivity index (χ3n) is 3.24. The average Bonchev–Trinajstić information content (AvgIpc) is 3.05. The van der Waals surface area contributed by atoms with Gasteiger partial charge < -0.3 is 9.84 Å². The molecule has 0 saturated carbocycles. The summed E-state index contributed by atoms with van der Waals surface area (Å²) in [5.74, 6) is 0.911. The Morgan fingerprint density at radius 1 is 1.09 bits per heavy atom. The van der Waals surface area contributed by atoms with Gasteiger partial charge in [0.05, 0.1) is 5.56 Å². The molecule has 0 aliphatic carbocycles. The molecular formula is C17H14BrN3O2. The van der Waals surface area contributed by atoms with Gasteiger partial charge >= 0.3 is 0 Å². The van der Waals surface area contributed by atoms with Gasteiger partial charge in [-0.15, -0.1) is 0 Å². The number of carbonyl (C=O) groups excluding carboxylic acids is 1. The molecule has 0 bridgehead atoms. The molecule has 0 saturated heterocycles. The lowest BCUT2D eigenvalue weighted by atomic mass is 10.2. The maximum Gasteiger partial charge on any atom is 0.252 e. The predicted octanol–water partition coefficient (Wildman–Crippen LogP) is 3.47. The highest BCUT2D eigenvalue weighted by Gasteiger charge is 2.11. The van der Waals surface area contributed by atoms with Crippen molar-refractivity contribution in [2.24, 2.45) is 0 Å². The fraction of sp³-hybridized carbons (Fsp3) is 0.118. The number of rotatable bonds is 5. The van der Waals surface area contributed by atoms with Crippen LogP contribution in [0, 0.1) is 0 Å². The van der Waals surface area contributed by atoms with Crippen molar-refractivity contribution >= 4 is 21.8 Å². The van der Waals surface area contributed by atoms with Gasteiger partial charge in [-0.25, -0.2) is 0 Å². The molecule has 0 radical (unpaired) electrons. The number of hydrogen-bond acceptors (Lipinski definition) is 4. The van der Waals surface area contributed by atoms with Gasteiger partial charge in [0.2, 0.25) is 11.7 Å². The van der Waals surface area contributed by atoms with Crippen LogP contribution < -0.4 is 5.32 Å². The molecule has 0 aliphatic rings. The minimum atomic E-state index is -0.139. The Morgan fingerprint density at radius 3 is 2.61 bits per heavy atom. The number of amides is 1. The van der Waals surface area contributed by atoms with Crippen molar-refractivity contribution in [2.45, 2.75) is 6.42 Å². The normalized spacial score (nSPS) is 10.5. The third kappa shape index (κ3) is 3.84. The summed E-state index contributed by atoms with van der Waals surface area (Å²) in [4.78, 5) is 16.4. The standard InChI is InChI=1S/C17H14BrN3O2/c18-14-9-5-4-8-13(14)17(22)19-11-10-15-20-16(21-23-15)12-6-2-1-3-7-12/h1-9H,10-11H2,(H,19,22). The molecule has 0 spiro atoms. The van der Waals surface area contributed by atoms with Crippen LogP contribution in [0.5, 0.6) is 0 Å². The number of hydrogen-bond donors (Lipinski definition) is 1. The number of benzene rings is 2. The van der Waals surface area contributed by atoms with Crippen LogP contribution in [0.1, 0.15) is 16.2 Å². The van der Waals surface area contributed by atoms with Crippen molar-refractivity contribution in [3.63, 3.8) is 0 Å². The van der Waals surface area contributed by atoms with E-state index < -0.39 is 0 Å². The lowest BCUT2D eigenvalue weighted by Gasteiger charge is -2.05. The van der Waals surface area contributed by atoms with Gasteiger partial charge in [-0.05, 0) is 28.1 Å². The molecule has 0 atom stereocenters. The SMILES string of the molecule is O=C(NCCc1nc(-c2ccccc2)no1)c1ccccc1Br. The largest absolute Gasteiger partial charge is 0.351 e. The number of halogens is 1. The summed E-state index contributed by atoms with van der Waals surface area (Å²) in [6.07, 6.45) is 0.482. The second kappa shape index (κ2) is 7.19. The van der Waals surface area contributed by atoms with Gasteiger partial charge in [-0.3, -0.25) is 4.79 Å². The van der Waals surface area contributed by atoms with E-state index in [0.29, 0.717) is 30.2 Å². The predicted molar refractivity (Wildman–Crippen MR) is 89.9 cm³/mol. The fourth-order valence-corrected chi connectivity index (χ4v) is 2.55. The molecule has 5 nitrogen and oxygen atoms in total. The Hall–Kier alpha value is -2.47. The Labute approximate surface area is 141 Å². The molecule has 2 aromatic carbocycles. The Kier molecular flexibility index (Phi) is 4.83. The highest BCUT2D eigenvalue weighted by atomic mass is 79.9. The van der Waals surface area contributed by atoms with E-state index in [1.54, 1.807) is 6.07 Å². The van der Waals surface area contributed by atoms with E-state index in [0.717, 1.165) is 10.0 Å². The van der Waals surface area contributed by atoms with Gasteiger partial charge in [0.15, 0.2) is 0 Å². The Bertz CT molecular complexity index is 802. The second-order valence-electron chi connectivity index (χ2n) is 4.86. The van der Waals surface area contributed by atoms with Crippen LogP contribution in [-0.4, -0.2) is 22.6 Å². The second-order valence-corrected chi connectivity index (χ2v) is 5.72. The lowest BCUT2D eigenvalue weighted by Crippen LogP contribution is -2.26. The lowest BCUT2D eigenvalue weighted by molar-refractivity contribution is 0.0952. The highest BCUT2D eigenvalue weighted by molar-refractivity contribution is 9.10. The summed E-state index contributed by atoms with van der Waals surface area (Å²) in [6, 6.07) is 16.9. The molecule has 6 heteroatoms. The van der Waals surface area contributed by atoms with Crippen molar-refractivity contribution in [3.05, 3.63) is 70.5 Å². The van der Waals surface area contributed by atoms with Gasteiger partial charge in [0.25, 0.3) is 5.91 Å². The summed E-state index contributed by atoms with van der Waals surface area (Å²) < 4.78 is 5.97. The first-order chi connectivity index (χ1) is 11.2. The topological polar surface area (TPSA) is 68.0 Å². The summed E-state index contributed by atoms with van der Waals surface area (Å²) in [7, 11) is 0. The molecule has 1 amide bonds. The van der Waals surface area contributed by atoms with Crippen molar-refractivity contribution in [2.75, 3.05) is 6.54 Å². The van der Waals surface area contributed by atoms with Crippen molar-refractivity contribution < 1.29 is 9.32 Å². The summed E-state index contributed by atoms with van der Waals surface area (Å²) in [5, 5.41) is 6.79. The quantitative estimate of drug-likeness (QED) is 0.745. The maximum absolute atomic E-state index is 12.1. The van der Waals surface area contributed by atoms with E-state index in [4.69, 9.17) is 4.52 Å². The number of nitrogens with one attached hydrogen (secondary N) is 1. The van der Waals surface area contributed by atoms with E-state index in [-0.39, 0.29) is 5.91 Å². The Morgan fingerprint density at radius 2 is 1.83 bits per heavy atom. The van der Waals surface area contributed by atoms with Crippen LogP contribution in [0.2, 0.25) is 0 Å². The number of nitrogens with zero attached hydrogens (tertiary/aromatic N) is 2. The zero-order valence-electron chi connectivity index (χ0n) is 12.2. The smallest absolute Gasteiger partial charge is 0.252 e. The zero-order valence-corrected chi connectivity index (χ0v) is 13.8. The van der Waals surface area contributed by atoms with Crippen LogP contribution >= 0.6 is 15.9 Å². The van der Waals surface area contributed by atoms with Gasteiger partial charge in [-0.1, -0.05) is 47.6 Å². The van der Waals surface area contributed by atoms with Crippen molar-refractivity contribution in [1.29, 1.82) is 0 Å². The average molecular weight is 372 g/mol. The molecule has 0 fully saturated rings. The summed E-state index contributed by atoms with van der Waals surface area (Å²) >= 11 is 3.36. The molecule has 1 heterocycles. The molecule has 116 valence electrons. The molecule has 3 rings (SSSR count). The van der Waals surface area contributed by atoms with Gasteiger partial charge in [0, 0.05) is 23.0 Å². The summed E-state index contributed by atoms with van der Waals surface area (Å²) in [5.41, 5.74) is 1.50. The van der Waals surface area contributed by atoms with E-state index in [9.17, 15) is 4.79 Å². The van der Waals surface area contributed by atoms with E-state index in [1.165, 1.54) is 0 Å². The van der Waals surface area contributed by atoms with Crippen LogP contribution in [0.4, 0.5) is 0 Å². The van der Waals surface area contributed by atoms with Crippen LogP contribution in [0.25, 0.3) is 11.4 Å². The van der Waals surface area contributed by atoms with Crippen LogP contribution in [0.15, 0.2) is 63.6 Å². The molecule has 1 N–H and O–H groups in total. The van der Waals surface area contributed by atoms with Crippen LogP contribution in [-0.2, 0) is 6.42 Å². The number of carbonyl (C=O) groups is 1. The molecule has 0 unspecified atom stereocenters. The zero-order chi connectivity index (χ0) is 16.1. The van der Waals surface area contributed by atoms with Crippen molar-refractivity contribution in [3.8, 4) is 11.4 Å². The third-order valence-corrected chi connectivity index (χ3v) is 3.93. The van der Waals surface area contributed by atoms with Gasteiger partial charge in [-0.2, -0.15) is 4.98 Å². The molecule has 23 heavy (non-hydrogen) atoms. The number of aromatic nitrogens is 2. The first-order valence-corrected chi connectivity index (χ1v) is 7.94. The monoisotopic (exact) mass is 371 g/mol. The van der Waals surface area contributed by atoms with E-state index >= 15 is 0 Å². The minimum Gasteiger partial charge on any atom is -0.351 e. The highest BCUT2D eigenvalue weighted by Crippen LogP contribution is 2.16. The molecule has 3 aromatic rings. The van der Waals surface area contributed by atoms with E-state index in [1.807, 2.05) is 48.5 Å². The molecule has 0 aliphatic heterocycles. The minimum absolute atomic E-state index is 0.139. The first kappa shape index (κ1) is 15.4. The van der Waals surface area contributed by atoms with E-state index in [2.05, 4.69) is 31.4 Å². The first-order valence-electron chi connectivity index (χ1n) is 7.15. The Balaban J connectivity index is 1.56.